The molecule has 0 aliphatic carbocycles. The third-order valence-corrected chi connectivity index (χ3v) is 2.71. The van der Waals surface area contributed by atoms with Crippen LogP contribution in [0, 0.1) is 0 Å². The number of carboxylic acid groups (broad SMARTS) is 1. The third-order valence-electron chi connectivity index (χ3n) is 2.71. The number of quaternary nitrogens is 1. The molecule has 0 unspecified atom stereocenters. The highest BCUT2D eigenvalue weighted by molar-refractivity contribution is 5.81. The zero-order valence-corrected chi connectivity index (χ0v) is 11.3. The van der Waals surface area contributed by atoms with Crippen molar-refractivity contribution in [3.63, 3.8) is 0 Å². The Morgan fingerprint density at radius 1 is 1.22 bits per heavy atom. The van der Waals surface area contributed by atoms with Gasteiger partial charge in [0, 0.05) is 18.5 Å². The summed E-state index contributed by atoms with van der Waals surface area (Å²) in [4.78, 5) is 21.1. The fourth-order valence-electron chi connectivity index (χ4n) is 1.64. The van der Waals surface area contributed by atoms with E-state index in [0.29, 0.717) is 13.0 Å². The van der Waals surface area contributed by atoms with Gasteiger partial charge in [0.15, 0.2) is 0 Å². The van der Waals surface area contributed by atoms with E-state index in [1.54, 1.807) is 0 Å². The zero-order chi connectivity index (χ0) is 14.0. The number of hydrogen-bond acceptors (Lipinski definition) is 4. The van der Waals surface area contributed by atoms with Crippen LogP contribution in [0.2, 0.25) is 0 Å². The third kappa shape index (κ3) is 9.84. The van der Waals surface area contributed by atoms with Crippen LogP contribution in [0.4, 0.5) is 0 Å². The molecule has 0 aromatic rings. The average molecular weight is 257 g/mol. The van der Waals surface area contributed by atoms with Crippen LogP contribution in [0.1, 0.15) is 25.7 Å². The van der Waals surface area contributed by atoms with Crippen LogP contribution in [-0.2, 0) is 14.3 Å². The van der Waals surface area contributed by atoms with Gasteiger partial charge in [0.2, 0.25) is 0 Å². The van der Waals surface area contributed by atoms with Gasteiger partial charge in [0.25, 0.3) is 0 Å². The lowest BCUT2D eigenvalue weighted by Crippen LogP contribution is -2.41. The van der Waals surface area contributed by atoms with Crippen molar-refractivity contribution in [3.05, 3.63) is 12.7 Å². The summed E-state index contributed by atoms with van der Waals surface area (Å²) in [6.45, 7) is 5.46. The van der Waals surface area contributed by atoms with Crippen molar-refractivity contribution in [3.8, 4) is 0 Å². The summed E-state index contributed by atoms with van der Waals surface area (Å²) in [5.41, 5.74) is 0. The van der Waals surface area contributed by atoms with Gasteiger partial charge in [-0.05, 0) is 19.3 Å². The first-order valence-electron chi connectivity index (χ1n) is 6.18. The van der Waals surface area contributed by atoms with Gasteiger partial charge in [-0.3, -0.25) is 0 Å². The number of carboxylic acids is 1. The van der Waals surface area contributed by atoms with Gasteiger partial charge < -0.3 is 19.1 Å². The van der Waals surface area contributed by atoms with Crippen molar-refractivity contribution in [2.45, 2.75) is 25.7 Å². The van der Waals surface area contributed by atoms with E-state index in [1.165, 1.54) is 0 Å². The number of rotatable bonds is 10. The van der Waals surface area contributed by atoms with Crippen LogP contribution in [0.15, 0.2) is 12.7 Å². The molecule has 0 aromatic heterocycles. The van der Waals surface area contributed by atoms with E-state index in [4.69, 9.17) is 4.74 Å². The van der Waals surface area contributed by atoms with Crippen LogP contribution < -0.4 is 5.11 Å². The molecule has 0 atom stereocenters. The van der Waals surface area contributed by atoms with Gasteiger partial charge in [-0.15, -0.1) is 0 Å². The van der Waals surface area contributed by atoms with Crippen molar-refractivity contribution >= 4 is 11.9 Å². The molecule has 0 spiro atoms. The molecule has 0 aliphatic heterocycles. The summed E-state index contributed by atoms with van der Waals surface area (Å²) in [6, 6.07) is 0. The molecule has 5 heteroatoms. The minimum atomic E-state index is -0.994. The molecular weight excluding hydrogens is 234 g/mol. The fourth-order valence-corrected chi connectivity index (χ4v) is 1.64. The van der Waals surface area contributed by atoms with E-state index in [-0.39, 0.29) is 6.42 Å². The highest BCUT2D eigenvalue weighted by Gasteiger charge is 2.13. The molecular formula is C13H23NO4. The summed E-state index contributed by atoms with van der Waals surface area (Å²) in [5, 5.41) is 10.3. The second kappa shape index (κ2) is 8.69. The molecule has 0 fully saturated rings. The minimum Gasteiger partial charge on any atom is -0.550 e. The number of unbranched alkanes of at least 4 members (excludes halogenated alkanes) is 1. The Hall–Kier alpha value is -1.36. The summed E-state index contributed by atoms with van der Waals surface area (Å²) in [7, 11) is 4.12. The Bertz CT molecular complexity index is 287. The van der Waals surface area contributed by atoms with Crippen molar-refractivity contribution < 1.29 is 23.9 Å². The molecule has 0 aromatic carbocycles. The first-order valence-corrected chi connectivity index (χ1v) is 6.18. The topological polar surface area (TPSA) is 66.4 Å². The molecule has 18 heavy (non-hydrogen) atoms. The van der Waals surface area contributed by atoms with Crippen molar-refractivity contribution in [2.24, 2.45) is 0 Å². The molecule has 0 aliphatic rings. The predicted molar refractivity (Wildman–Crippen MR) is 66.5 cm³/mol. The molecule has 0 N–H and O–H groups in total. The molecule has 0 saturated heterocycles. The quantitative estimate of drug-likeness (QED) is 0.241. The Labute approximate surface area is 109 Å². The van der Waals surface area contributed by atoms with E-state index >= 15 is 0 Å². The van der Waals surface area contributed by atoms with E-state index in [0.717, 1.165) is 36.5 Å². The highest BCUT2D eigenvalue weighted by atomic mass is 16.5. The van der Waals surface area contributed by atoms with Crippen molar-refractivity contribution in [1.82, 2.24) is 0 Å². The lowest BCUT2D eigenvalue weighted by atomic mass is 10.2. The van der Waals surface area contributed by atoms with Gasteiger partial charge in [0.05, 0.1) is 33.8 Å². The smallest absolute Gasteiger partial charge is 0.330 e. The number of nitrogens with zero attached hydrogens (tertiary/aromatic N) is 1. The van der Waals surface area contributed by atoms with E-state index in [1.807, 2.05) is 0 Å². The minimum absolute atomic E-state index is 0.110. The van der Waals surface area contributed by atoms with Gasteiger partial charge in [0.1, 0.15) is 0 Å². The lowest BCUT2D eigenvalue weighted by Gasteiger charge is -2.30. The summed E-state index contributed by atoms with van der Waals surface area (Å²) in [6.07, 6.45) is 3.63. The maximum atomic E-state index is 10.8. The van der Waals surface area contributed by atoms with E-state index in [2.05, 4.69) is 20.7 Å². The van der Waals surface area contributed by atoms with Gasteiger partial charge in [-0.25, -0.2) is 4.79 Å². The SMILES string of the molecule is C=CC(=O)OCCCC[N+](C)(C)CCCC(=O)[O-]. The predicted octanol–water partition coefficient (Wildman–Crippen LogP) is 0.102. The number of ether oxygens (including phenoxy) is 1. The van der Waals surface area contributed by atoms with E-state index in [9.17, 15) is 14.7 Å². The van der Waals surface area contributed by atoms with Crippen LogP contribution in [0.25, 0.3) is 0 Å². The van der Waals surface area contributed by atoms with Crippen molar-refractivity contribution in [2.75, 3.05) is 33.8 Å². The monoisotopic (exact) mass is 257 g/mol. The molecule has 0 radical (unpaired) electrons. The summed E-state index contributed by atoms with van der Waals surface area (Å²) < 4.78 is 5.64. The largest absolute Gasteiger partial charge is 0.550 e. The lowest BCUT2D eigenvalue weighted by molar-refractivity contribution is -0.890. The Kier molecular flexibility index (Phi) is 8.03. The molecule has 0 saturated carbocycles. The second-order valence-electron chi connectivity index (χ2n) is 4.94. The molecule has 0 bridgehead atoms. The zero-order valence-electron chi connectivity index (χ0n) is 11.3. The molecule has 104 valence electrons. The Morgan fingerprint density at radius 2 is 1.83 bits per heavy atom. The number of carbonyl (C=O) groups excluding carboxylic acids is 2. The van der Waals surface area contributed by atoms with Gasteiger partial charge >= 0.3 is 5.97 Å². The first kappa shape index (κ1) is 16.6. The normalized spacial score (nSPS) is 11.0. The maximum absolute atomic E-state index is 10.8. The number of carbonyl (C=O) groups is 2. The van der Waals surface area contributed by atoms with Crippen molar-refractivity contribution in [1.29, 1.82) is 0 Å². The van der Waals surface area contributed by atoms with Crippen LogP contribution in [-0.4, -0.2) is 50.2 Å². The standard InChI is InChI=1S/C13H23NO4/c1-4-13(17)18-11-6-5-9-14(2,3)10-7-8-12(15)16/h4H,1,5-11H2,2-3H3. The Balaban J connectivity index is 3.60. The first-order chi connectivity index (χ1) is 8.37. The Morgan fingerprint density at radius 3 is 2.39 bits per heavy atom. The van der Waals surface area contributed by atoms with Gasteiger partial charge in [-0.2, -0.15) is 0 Å². The number of hydrogen-bond donors (Lipinski definition) is 0. The highest BCUT2D eigenvalue weighted by Crippen LogP contribution is 2.05. The summed E-state index contributed by atoms with van der Waals surface area (Å²) in [5.74, 6) is -1.39. The molecule has 0 amide bonds. The number of aliphatic carboxylic acids is 1. The molecule has 0 rings (SSSR count). The maximum Gasteiger partial charge on any atom is 0.330 e. The summed E-state index contributed by atoms with van der Waals surface area (Å²) >= 11 is 0. The van der Waals surface area contributed by atoms with Gasteiger partial charge in [-0.1, -0.05) is 6.58 Å². The molecule has 0 heterocycles. The molecule has 5 nitrogen and oxygen atoms in total. The van der Waals surface area contributed by atoms with Crippen LogP contribution in [0.5, 0.6) is 0 Å². The second-order valence-corrected chi connectivity index (χ2v) is 4.94. The fraction of sp³-hybridized carbons (Fsp3) is 0.692. The number of esters is 1. The van der Waals surface area contributed by atoms with Crippen LogP contribution >= 0.6 is 0 Å². The average Bonchev–Trinajstić information content (AvgIpc) is 2.27. The van der Waals surface area contributed by atoms with E-state index < -0.39 is 11.9 Å². The van der Waals surface area contributed by atoms with Crippen LogP contribution in [0.3, 0.4) is 0 Å².